The van der Waals surface area contributed by atoms with Crippen LogP contribution in [0, 0.1) is 0 Å². The Labute approximate surface area is 217 Å². The topological polar surface area (TPSA) is 129 Å². The summed E-state index contributed by atoms with van der Waals surface area (Å²) < 4.78 is 25.4. The molecule has 0 unspecified atom stereocenters. The fourth-order valence-corrected chi connectivity index (χ4v) is 4.09. The molecule has 0 atom stereocenters. The maximum absolute atomic E-state index is 12.7. The second-order valence-electron chi connectivity index (χ2n) is 7.96. The molecule has 12 heteroatoms. The molecule has 10 nitrogen and oxygen atoms in total. The molecule has 2 heterocycles. The van der Waals surface area contributed by atoms with Crippen molar-refractivity contribution in [3.05, 3.63) is 53.8 Å². The standard InChI is InChI=1S/C22H26ClN7O3S.C2H6/c1-14(2)34(32,33)21-18(9-6-10-24-21)28-20-17(23)12-25-22(29-20)27-16-8-5-7-15(11-16)26-19(31)13-30(3)4;1-2/h5-12,14H,13H2,1-4H3,(H,26,31)(H2,25,27,28,29);1-2H3. The molecular formula is C24H32ClN7O3S. The average molecular weight is 534 g/mol. The smallest absolute Gasteiger partial charge is 0.238 e. The van der Waals surface area contributed by atoms with Crippen molar-refractivity contribution in [2.45, 2.75) is 38.0 Å². The summed E-state index contributed by atoms with van der Waals surface area (Å²) in [6.45, 7) is 7.44. The third kappa shape index (κ3) is 7.87. The number of hydrogen-bond acceptors (Lipinski definition) is 9. The lowest BCUT2D eigenvalue weighted by atomic mass is 10.2. The van der Waals surface area contributed by atoms with E-state index in [-0.39, 0.29) is 40.0 Å². The fraction of sp³-hybridized carbons (Fsp3) is 0.333. The number of halogens is 1. The van der Waals surface area contributed by atoms with Crippen molar-refractivity contribution in [2.75, 3.05) is 36.6 Å². The highest BCUT2D eigenvalue weighted by molar-refractivity contribution is 7.92. The first-order valence-corrected chi connectivity index (χ1v) is 13.3. The van der Waals surface area contributed by atoms with Gasteiger partial charge in [-0.15, -0.1) is 0 Å². The van der Waals surface area contributed by atoms with Gasteiger partial charge in [0.1, 0.15) is 5.02 Å². The lowest BCUT2D eigenvalue weighted by Crippen LogP contribution is -2.27. The summed E-state index contributed by atoms with van der Waals surface area (Å²) >= 11 is 6.27. The van der Waals surface area contributed by atoms with Crippen LogP contribution >= 0.6 is 11.6 Å². The van der Waals surface area contributed by atoms with Gasteiger partial charge in [-0.2, -0.15) is 4.98 Å². The molecule has 3 rings (SSSR count). The summed E-state index contributed by atoms with van der Waals surface area (Å²) in [7, 11) is -0.00834. The highest BCUT2D eigenvalue weighted by Crippen LogP contribution is 2.29. The molecule has 0 saturated carbocycles. The number of hydrogen-bond donors (Lipinski definition) is 3. The highest BCUT2D eigenvalue weighted by Gasteiger charge is 2.24. The lowest BCUT2D eigenvalue weighted by molar-refractivity contribution is -0.116. The van der Waals surface area contributed by atoms with Crippen LogP contribution in [0.4, 0.5) is 28.8 Å². The summed E-state index contributed by atoms with van der Waals surface area (Å²) in [6, 6.07) is 10.3. The number of anilines is 5. The molecule has 0 aliphatic heterocycles. The van der Waals surface area contributed by atoms with E-state index >= 15 is 0 Å². The second kappa shape index (κ2) is 13.1. The zero-order valence-electron chi connectivity index (χ0n) is 21.2. The van der Waals surface area contributed by atoms with Crippen LogP contribution < -0.4 is 16.0 Å². The molecular weight excluding hydrogens is 502 g/mol. The molecule has 3 aromatic rings. The highest BCUT2D eigenvalue weighted by atomic mass is 35.5. The number of pyridine rings is 1. The van der Waals surface area contributed by atoms with Crippen molar-refractivity contribution < 1.29 is 13.2 Å². The quantitative estimate of drug-likeness (QED) is 0.357. The van der Waals surface area contributed by atoms with E-state index in [4.69, 9.17) is 11.6 Å². The van der Waals surface area contributed by atoms with Gasteiger partial charge in [-0.25, -0.2) is 18.4 Å². The van der Waals surface area contributed by atoms with Gasteiger partial charge in [0.05, 0.1) is 23.7 Å². The molecule has 3 N–H and O–H groups in total. The van der Waals surface area contributed by atoms with Gasteiger partial charge in [-0.1, -0.05) is 31.5 Å². The number of aromatic nitrogens is 3. The molecule has 0 radical (unpaired) electrons. The van der Waals surface area contributed by atoms with Crippen LogP contribution in [0.15, 0.2) is 53.8 Å². The third-order valence-electron chi connectivity index (χ3n) is 4.52. The third-order valence-corrected chi connectivity index (χ3v) is 6.90. The monoisotopic (exact) mass is 533 g/mol. The summed E-state index contributed by atoms with van der Waals surface area (Å²) in [5.74, 6) is 0.295. The number of benzene rings is 1. The number of amides is 1. The molecule has 36 heavy (non-hydrogen) atoms. The van der Waals surface area contributed by atoms with Gasteiger partial charge >= 0.3 is 0 Å². The van der Waals surface area contributed by atoms with Gasteiger partial charge in [0.15, 0.2) is 20.7 Å². The molecule has 194 valence electrons. The SMILES string of the molecule is CC.CC(C)S(=O)(=O)c1ncccc1Nc1nc(Nc2cccc(NC(=O)CN(C)C)c2)ncc1Cl. The van der Waals surface area contributed by atoms with Gasteiger partial charge in [0, 0.05) is 17.6 Å². The van der Waals surface area contributed by atoms with Crippen LogP contribution in [0.3, 0.4) is 0 Å². The van der Waals surface area contributed by atoms with E-state index in [0.29, 0.717) is 11.4 Å². The minimum Gasteiger partial charge on any atom is -0.336 e. The first kappa shape index (κ1) is 29.0. The molecule has 0 aliphatic rings. The Morgan fingerprint density at radius 3 is 2.42 bits per heavy atom. The first-order chi connectivity index (χ1) is 17.1. The number of nitrogens with one attached hydrogen (secondary N) is 3. The molecule has 2 aromatic heterocycles. The number of carbonyl (C=O) groups excluding carboxylic acids is 1. The van der Waals surface area contributed by atoms with Gasteiger partial charge < -0.3 is 20.9 Å². The Hall–Kier alpha value is -3.28. The summed E-state index contributed by atoms with van der Waals surface area (Å²) in [5, 5.41) is 8.31. The molecule has 1 amide bonds. The molecule has 0 bridgehead atoms. The lowest BCUT2D eigenvalue weighted by Gasteiger charge is -2.14. The number of sulfone groups is 1. The Bertz CT molecular complexity index is 1280. The van der Waals surface area contributed by atoms with Gasteiger partial charge in [0.25, 0.3) is 0 Å². The van der Waals surface area contributed by atoms with E-state index in [0.717, 1.165) is 0 Å². The second-order valence-corrected chi connectivity index (χ2v) is 10.8. The normalized spacial score (nSPS) is 11.0. The maximum Gasteiger partial charge on any atom is 0.238 e. The van der Waals surface area contributed by atoms with E-state index in [2.05, 4.69) is 30.9 Å². The largest absolute Gasteiger partial charge is 0.336 e. The molecule has 0 spiro atoms. The van der Waals surface area contributed by atoms with Crippen molar-refractivity contribution in [3.63, 3.8) is 0 Å². The van der Waals surface area contributed by atoms with E-state index in [1.807, 2.05) is 27.9 Å². The van der Waals surface area contributed by atoms with Crippen LogP contribution in [0.2, 0.25) is 5.02 Å². The van der Waals surface area contributed by atoms with E-state index < -0.39 is 15.1 Å². The number of likely N-dealkylation sites (N-methyl/N-ethyl adjacent to an activating group) is 1. The van der Waals surface area contributed by atoms with Crippen molar-refractivity contribution in [3.8, 4) is 0 Å². The Morgan fingerprint density at radius 1 is 1.06 bits per heavy atom. The minimum atomic E-state index is -3.63. The van der Waals surface area contributed by atoms with Gasteiger partial charge in [-0.05, 0) is 58.3 Å². The van der Waals surface area contributed by atoms with Crippen LogP contribution in [-0.2, 0) is 14.6 Å². The van der Waals surface area contributed by atoms with Crippen LogP contribution in [0.5, 0.6) is 0 Å². The van der Waals surface area contributed by atoms with Crippen LogP contribution in [0.25, 0.3) is 0 Å². The molecule has 0 saturated heterocycles. The van der Waals surface area contributed by atoms with Crippen molar-refractivity contribution in [1.29, 1.82) is 0 Å². The van der Waals surface area contributed by atoms with Gasteiger partial charge in [-0.3, -0.25) is 4.79 Å². The Morgan fingerprint density at radius 2 is 1.75 bits per heavy atom. The molecule has 0 fully saturated rings. The number of nitrogens with zero attached hydrogens (tertiary/aromatic N) is 4. The summed E-state index contributed by atoms with van der Waals surface area (Å²) in [6.07, 6.45) is 2.81. The van der Waals surface area contributed by atoms with Gasteiger partial charge in [0.2, 0.25) is 11.9 Å². The number of rotatable bonds is 9. The predicted octanol–water partition coefficient (Wildman–Crippen LogP) is 4.72. The Balaban J connectivity index is 0.00000222. The van der Waals surface area contributed by atoms with Crippen molar-refractivity contribution in [1.82, 2.24) is 19.9 Å². The van der Waals surface area contributed by atoms with E-state index in [9.17, 15) is 13.2 Å². The first-order valence-electron chi connectivity index (χ1n) is 11.4. The van der Waals surface area contributed by atoms with Crippen molar-refractivity contribution >= 4 is 56.2 Å². The average Bonchev–Trinajstić information content (AvgIpc) is 2.82. The summed E-state index contributed by atoms with van der Waals surface area (Å²) in [4.78, 5) is 26.4. The molecule has 1 aromatic carbocycles. The zero-order valence-corrected chi connectivity index (χ0v) is 22.8. The summed E-state index contributed by atoms with van der Waals surface area (Å²) in [5.41, 5.74) is 1.51. The fourth-order valence-electron chi connectivity index (χ4n) is 2.87. The zero-order chi connectivity index (χ0) is 26.9. The maximum atomic E-state index is 12.7. The predicted molar refractivity (Wildman–Crippen MR) is 145 cm³/mol. The van der Waals surface area contributed by atoms with Crippen LogP contribution in [0.1, 0.15) is 27.7 Å². The molecule has 0 aliphatic carbocycles. The Kier molecular flexibility index (Phi) is 10.6. The van der Waals surface area contributed by atoms with Crippen molar-refractivity contribution in [2.24, 2.45) is 0 Å². The minimum absolute atomic E-state index is 0.0876. The van der Waals surface area contributed by atoms with E-state index in [1.54, 1.807) is 55.1 Å². The number of carbonyl (C=O) groups is 1. The van der Waals surface area contributed by atoms with E-state index in [1.165, 1.54) is 12.4 Å². The van der Waals surface area contributed by atoms with Crippen LogP contribution in [-0.4, -0.2) is 60.1 Å².